The van der Waals surface area contributed by atoms with Crippen molar-refractivity contribution in [3.05, 3.63) is 52.4 Å². The average molecular weight is 277 g/mol. The van der Waals surface area contributed by atoms with Crippen molar-refractivity contribution in [3.8, 4) is 0 Å². The first-order valence-electron chi connectivity index (χ1n) is 6.09. The molecule has 0 saturated heterocycles. The molecule has 0 aliphatic rings. The molecule has 100 valence electrons. The van der Waals surface area contributed by atoms with Gasteiger partial charge in [-0.2, -0.15) is 0 Å². The van der Waals surface area contributed by atoms with E-state index < -0.39 is 0 Å². The largest absolute Gasteiger partial charge is 0.354 e. The Balaban J connectivity index is 2.18. The Hall–Kier alpha value is -1.65. The Bertz CT molecular complexity index is 571. The van der Waals surface area contributed by atoms with E-state index in [1.807, 2.05) is 49.2 Å². The molecule has 0 aliphatic heterocycles. The first-order chi connectivity index (χ1) is 9.10. The fourth-order valence-corrected chi connectivity index (χ4v) is 2.02. The molecule has 0 spiro atoms. The number of aromatic nitrogens is 2. The lowest BCUT2D eigenvalue weighted by Crippen LogP contribution is -2.19. The molecule has 0 atom stereocenters. The van der Waals surface area contributed by atoms with Crippen LogP contribution in [0.4, 0.5) is 5.82 Å². The molecule has 5 heteroatoms. The summed E-state index contributed by atoms with van der Waals surface area (Å²) in [5, 5.41) is 0.605. The number of halogens is 1. The van der Waals surface area contributed by atoms with Gasteiger partial charge >= 0.3 is 0 Å². The summed E-state index contributed by atoms with van der Waals surface area (Å²) in [4.78, 5) is 11.0. The molecule has 2 N–H and O–H groups in total. The number of hydrogen-bond acceptors (Lipinski definition) is 4. The Kier molecular flexibility index (Phi) is 4.35. The molecule has 0 fully saturated rings. The van der Waals surface area contributed by atoms with E-state index in [0.717, 1.165) is 17.2 Å². The molecule has 0 aliphatic carbocycles. The number of aryl methyl sites for hydroxylation is 1. The van der Waals surface area contributed by atoms with E-state index in [1.54, 1.807) is 0 Å². The first-order valence-corrected chi connectivity index (χ1v) is 6.47. The van der Waals surface area contributed by atoms with Gasteiger partial charge in [0.1, 0.15) is 5.82 Å². The molecule has 0 amide bonds. The van der Waals surface area contributed by atoms with Gasteiger partial charge in [0, 0.05) is 19.3 Å². The van der Waals surface area contributed by atoms with Crippen molar-refractivity contribution in [3.63, 3.8) is 0 Å². The van der Waals surface area contributed by atoms with Crippen LogP contribution in [0.3, 0.4) is 0 Å². The van der Waals surface area contributed by atoms with Crippen LogP contribution in [0.15, 0.2) is 30.3 Å². The lowest BCUT2D eigenvalue weighted by atomic mass is 10.3. The number of hydrogen-bond donors (Lipinski definition) is 1. The van der Waals surface area contributed by atoms with Crippen molar-refractivity contribution < 1.29 is 0 Å². The lowest BCUT2D eigenvalue weighted by Gasteiger charge is -2.18. The highest BCUT2D eigenvalue weighted by Gasteiger charge is 2.07. The van der Waals surface area contributed by atoms with Gasteiger partial charge in [-0.15, -0.1) is 0 Å². The summed E-state index contributed by atoms with van der Waals surface area (Å²) in [7, 11) is 1.97. The van der Waals surface area contributed by atoms with Crippen LogP contribution in [0.25, 0.3) is 0 Å². The summed E-state index contributed by atoms with van der Waals surface area (Å²) in [5.74, 6) is 0.841. The molecule has 0 aromatic carbocycles. The Morgan fingerprint density at radius 1 is 1.21 bits per heavy atom. The van der Waals surface area contributed by atoms with Gasteiger partial charge in [-0.05, 0) is 31.2 Å². The van der Waals surface area contributed by atoms with Gasteiger partial charge in [-0.25, -0.2) is 4.98 Å². The van der Waals surface area contributed by atoms with E-state index in [1.165, 1.54) is 0 Å². The van der Waals surface area contributed by atoms with Gasteiger partial charge in [0.25, 0.3) is 0 Å². The molecular weight excluding hydrogens is 260 g/mol. The summed E-state index contributed by atoms with van der Waals surface area (Å²) in [5.41, 5.74) is 8.35. The molecule has 4 nitrogen and oxygen atoms in total. The maximum atomic E-state index is 6.01. The Labute approximate surface area is 118 Å². The van der Waals surface area contributed by atoms with Gasteiger partial charge in [0.05, 0.1) is 23.0 Å². The van der Waals surface area contributed by atoms with E-state index in [2.05, 4.69) is 9.97 Å². The smallest absolute Gasteiger partial charge is 0.129 e. The third-order valence-electron chi connectivity index (χ3n) is 2.83. The zero-order chi connectivity index (χ0) is 13.8. The van der Waals surface area contributed by atoms with Crippen LogP contribution < -0.4 is 10.6 Å². The molecule has 0 saturated carbocycles. The summed E-state index contributed by atoms with van der Waals surface area (Å²) >= 11 is 6.01. The third-order valence-corrected chi connectivity index (χ3v) is 3.18. The predicted molar refractivity (Wildman–Crippen MR) is 78.2 cm³/mol. The standard InChI is InChI=1S/C14H17ClN4/c1-10-4-3-5-11(17-10)9-19(2)14-7-6-12(15)13(8-16)18-14/h3-7H,8-9,16H2,1-2H3. The van der Waals surface area contributed by atoms with Crippen molar-refractivity contribution in [2.75, 3.05) is 11.9 Å². The molecule has 19 heavy (non-hydrogen) atoms. The van der Waals surface area contributed by atoms with Gasteiger partial charge in [-0.3, -0.25) is 4.98 Å². The van der Waals surface area contributed by atoms with Crippen LogP contribution in [-0.2, 0) is 13.1 Å². The Morgan fingerprint density at radius 3 is 2.68 bits per heavy atom. The van der Waals surface area contributed by atoms with E-state index in [4.69, 9.17) is 17.3 Å². The number of pyridine rings is 2. The predicted octanol–water partition coefficient (Wildman–Crippen LogP) is 2.53. The number of nitrogens with two attached hydrogens (primary N) is 1. The van der Waals surface area contributed by atoms with E-state index in [9.17, 15) is 0 Å². The summed E-state index contributed by atoms with van der Waals surface area (Å²) < 4.78 is 0. The van der Waals surface area contributed by atoms with Gasteiger partial charge in [0.2, 0.25) is 0 Å². The second-order valence-corrected chi connectivity index (χ2v) is 4.84. The number of rotatable bonds is 4. The van der Waals surface area contributed by atoms with Crippen molar-refractivity contribution in [2.45, 2.75) is 20.0 Å². The van der Waals surface area contributed by atoms with Crippen LogP contribution in [0.5, 0.6) is 0 Å². The van der Waals surface area contributed by atoms with Crippen molar-refractivity contribution in [2.24, 2.45) is 5.73 Å². The quantitative estimate of drug-likeness (QED) is 0.932. The zero-order valence-corrected chi connectivity index (χ0v) is 11.9. The van der Waals surface area contributed by atoms with Crippen molar-refractivity contribution in [1.29, 1.82) is 0 Å². The highest BCUT2D eigenvalue weighted by Crippen LogP contribution is 2.19. The van der Waals surface area contributed by atoms with Crippen molar-refractivity contribution >= 4 is 17.4 Å². The van der Waals surface area contributed by atoms with Crippen LogP contribution in [-0.4, -0.2) is 17.0 Å². The van der Waals surface area contributed by atoms with Crippen molar-refractivity contribution in [1.82, 2.24) is 9.97 Å². The highest BCUT2D eigenvalue weighted by atomic mass is 35.5. The van der Waals surface area contributed by atoms with Crippen LogP contribution in [0.1, 0.15) is 17.1 Å². The minimum absolute atomic E-state index is 0.337. The SMILES string of the molecule is Cc1cccc(CN(C)c2ccc(Cl)c(CN)n2)n1. The first kappa shape index (κ1) is 13.8. The maximum Gasteiger partial charge on any atom is 0.129 e. The van der Waals surface area contributed by atoms with E-state index in [0.29, 0.717) is 23.8 Å². The molecule has 2 heterocycles. The van der Waals surface area contributed by atoms with Gasteiger partial charge < -0.3 is 10.6 Å². The van der Waals surface area contributed by atoms with E-state index in [-0.39, 0.29) is 0 Å². The molecule has 0 unspecified atom stereocenters. The van der Waals surface area contributed by atoms with Gasteiger partial charge in [0.15, 0.2) is 0 Å². The fraction of sp³-hybridized carbons (Fsp3) is 0.286. The zero-order valence-electron chi connectivity index (χ0n) is 11.1. The molecule has 2 aromatic heterocycles. The van der Waals surface area contributed by atoms with E-state index >= 15 is 0 Å². The normalized spacial score (nSPS) is 10.5. The molecule has 0 radical (unpaired) electrons. The highest BCUT2D eigenvalue weighted by molar-refractivity contribution is 6.31. The van der Waals surface area contributed by atoms with Crippen LogP contribution in [0, 0.1) is 6.92 Å². The molecular formula is C14H17ClN4. The monoisotopic (exact) mass is 276 g/mol. The second kappa shape index (κ2) is 5.99. The summed E-state index contributed by atoms with van der Waals surface area (Å²) in [6, 6.07) is 9.70. The minimum atomic E-state index is 0.337. The maximum absolute atomic E-state index is 6.01. The van der Waals surface area contributed by atoms with Crippen LogP contribution >= 0.6 is 11.6 Å². The van der Waals surface area contributed by atoms with Gasteiger partial charge in [-0.1, -0.05) is 17.7 Å². The second-order valence-electron chi connectivity index (χ2n) is 4.43. The molecule has 2 rings (SSSR count). The lowest BCUT2D eigenvalue weighted by molar-refractivity contribution is 0.848. The van der Waals surface area contributed by atoms with Crippen LogP contribution in [0.2, 0.25) is 5.02 Å². The third kappa shape index (κ3) is 3.43. The fourth-order valence-electron chi connectivity index (χ4n) is 1.84. The minimum Gasteiger partial charge on any atom is -0.354 e. The topological polar surface area (TPSA) is 55.0 Å². The average Bonchev–Trinajstić information content (AvgIpc) is 2.39. The Morgan fingerprint density at radius 2 is 2.00 bits per heavy atom. The summed E-state index contributed by atoms with van der Waals surface area (Å²) in [6.45, 7) is 3.01. The number of anilines is 1. The summed E-state index contributed by atoms with van der Waals surface area (Å²) in [6.07, 6.45) is 0. The molecule has 0 bridgehead atoms. The molecule has 2 aromatic rings. The number of nitrogens with zero attached hydrogens (tertiary/aromatic N) is 3.